The number of amides is 2. The lowest BCUT2D eigenvalue weighted by Crippen LogP contribution is -2.19. The van der Waals surface area contributed by atoms with Gasteiger partial charge in [-0.2, -0.15) is 13.2 Å². The van der Waals surface area contributed by atoms with Crippen LogP contribution in [0.3, 0.4) is 0 Å². The van der Waals surface area contributed by atoms with E-state index in [-0.39, 0.29) is 17.9 Å². The van der Waals surface area contributed by atoms with Crippen LogP contribution in [0.5, 0.6) is 0 Å². The summed E-state index contributed by atoms with van der Waals surface area (Å²) < 4.78 is 47.5. The summed E-state index contributed by atoms with van der Waals surface area (Å²) in [6, 6.07) is 7.49. The third kappa shape index (κ3) is 5.32. The summed E-state index contributed by atoms with van der Waals surface area (Å²) in [6.45, 7) is 0.863. The highest BCUT2D eigenvalue weighted by molar-refractivity contribution is 6.09. The lowest BCUT2D eigenvalue weighted by molar-refractivity contribution is -0.137. The number of anilines is 1. The highest BCUT2D eigenvalue weighted by Gasteiger charge is 2.35. The normalized spacial score (nSPS) is 14.9. The van der Waals surface area contributed by atoms with Crippen molar-refractivity contribution in [3.8, 4) is 0 Å². The fraction of sp³-hybridized carbons (Fsp3) is 0.400. The van der Waals surface area contributed by atoms with Crippen LogP contribution in [0, 0.1) is 5.92 Å². The van der Waals surface area contributed by atoms with Gasteiger partial charge in [-0.15, -0.1) is 0 Å². The lowest BCUT2D eigenvalue weighted by atomic mass is 9.89. The maximum absolute atomic E-state index is 13.4. The van der Waals surface area contributed by atoms with Crippen molar-refractivity contribution in [2.45, 2.75) is 51.4 Å². The number of imidazole rings is 1. The third-order valence-electron chi connectivity index (χ3n) is 6.37. The van der Waals surface area contributed by atoms with E-state index in [0.717, 1.165) is 37.8 Å². The van der Waals surface area contributed by atoms with Crippen molar-refractivity contribution in [1.82, 2.24) is 9.55 Å². The number of alkyl halides is 3. The monoisotopic (exact) mass is 488 g/mol. The summed E-state index contributed by atoms with van der Waals surface area (Å²) in [5.74, 6) is -0.664. The first-order valence-electron chi connectivity index (χ1n) is 11.5. The largest absolute Gasteiger partial charge is 0.417 e. The summed E-state index contributed by atoms with van der Waals surface area (Å²) in [5, 5.41) is 2.51. The fourth-order valence-corrected chi connectivity index (χ4v) is 4.73. The number of carbonyl (C=O) groups excluding carboxylic acids is 2. The van der Waals surface area contributed by atoms with E-state index in [0.29, 0.717) is 29.3 Å². The molecule has 2 aromatic carbocycles. The lowest BCUT2D eigenvalue weighted by Gasteiger charge is -2.23. The van der Waals surface area contributed by atoms with Crippen LogP contribution in [-0.2, 0) is 24.1 Å². The number of aromatic nitrogens is 2. The van der Waals surface area contributed by atoms with Gasteiger partial charge in [-0.25, -0.2) is 4.98 Å². The number of nitrogens with two attached hydrogens (primary N) is 1. The van der Waals surface area contributed by atoms with E-state index in [1.54, 1.807) is 13.2 Å². The third-order valence-corrected chi connectivity index (χ3v) is 6.37. The molecule has 0 atom stereocenters. The van der Waals surface area contributed by atoms with Crippen LogP contribution in [0.25, 0.3) is 11.0 Å². The van der Waals surface area contributed by atoms with Crippen molar-refractivity contribution in [2.75, 3.05) is 12.4 Å². The smallest absolute Gasteiger partial charge is 0.377 e. The van der Waals surface area contributed by atoms with Crippen LogP contribution >= 0.6 is 0 Å². The van der Waals surface area contributed by atoms with Crippen molar-refractivity contribution >= 4 is 28.5 Å². The SMILES string of the molecule is COCc1nc2c(C(N)=O)cc(NC(=O)c3ccccc3C(F)(F)F)cc2n1CC1CCCCC1. The van der Waals surface area contributed by atoms with Gasteiger partial charge in [0, 0.05) is 19.3 Å². The molecule has 2 amide bonds. The van der Waals surface area contributed by atoms with E-state index >= 15 is 0 Å². The predicted molar refractivity (Wildman–Crippen MR) is 125 cm³/mol. The topological polar surface area (TPSA) is 99.2 Å². The Morgan fingerprint density at radius 3 is 2.51 bits per heavy atom. The van der Waals surface area contributed by atoms with Gasteiger partial charge in [0.25, 0.3) is 11.8 Å². The van der Waals surface area contributed by atoms with Crippen LogP contribution in [0.15, 0.2) is 36.4 Å². The van der Waals surface area contributed by atoms with E-state index in [1.165, 1.54) is 24.6 Å². The van der Waals surface area contributed by atoms with Crippen molar-refractivity contribution in [1.29, 1.82) is 0 Å². The van der Waals surface area contributed by atoms with Gasteiger partial charge >= 0.3 is 6.18 Å². The molecule has 1 aliphatic carbocycles. The van der Waals surface area contributed by atoms with Crippen LogP contribution < -0.4 is 11.1 Å². The standard InChI is InChI=1S/C25H27F3N4O3/c1-35-14-21-31-22-18(23(29)33)11-16(12-20(22)32(21)13-15-7-3-2-4-8-15)30-24(34)17-9-5-6-10-19(17)25(26,27)28/h5-6,9-12,15H,2-4,7-8,13-14H2,1H3,(H2,29,33)(H,30,34). The molecule has 3 N–H and O–H groups in total. The first-order chi connectivity index (χ1) is 16.7. The number of fused-ring (bicyclic) bond motifs is 1. The number of primary amides is 1. The van der Waals surface area contributed by atoms with Gasteiger partial charge in [0.05, 0.1) is 22.2 Å². The number of ether oxygens (including phenoxy) is 1. The molecule has 10 heteroatoms. The predicted octanol–water partition coefficient (Wildman–Crippen LogP) is 5.13. The van der Waals surface area contributed by atoms with Gasteiger partial charge < -0.3 is 20.4 Å². The van der Waals surface area contributed by atoms with Crippen LogP contribution in [0.4, 0.5) is 18.9 Å². The Morgan fingerprint density at radius 2 is 1.86 bits per heavy atom. The van der Waals surface area contributed by atoms with E-state index in [2.05, 4.69) is 10.3 Å². The van der Waals surface area contributed by atoms with Gasteiger partial charge in [0.1, 0.15) is 17.9 Å². The van der Waals surface area contributed by atoms with Gasteiger partial charge in [-0.3, -0.25) is 9.59 Å². The van der Waals surface area contributed by atoms with Gasteiger partial charge in [-0.1, -0.05) is 31.4 Å². The summed E-state index contributed by atoms with van der Waals surface area (Å²) in [7, 11) is 1.54. The Bertz CT molecular complexity index is 1250. The number of nitrogens with zero attached hydrogens (tertiary/aromatic N) is 2. The molecule has 0 saturated heterocycles. The Balaban J connectivity index is 1.77. The Hall–Kier alpha value is -3.40. The molecule has 3 aromatic rings. The molecule has 0 bridgehead atoms. The maximum Gasteiger partial charge on any atom is 0.417 e. The minimum absolute atomic E-state index is 0.0710. The Kier molecular flexibility index (Phi) is 7.11. The van der Waals surface area contributed by atoms with Crippen molar-refractivity contribution in [2.24, 2.45) is 11.7 Å². The molecule has 186 valence electrons. The van der Waals surface area contributed by atoms with Crippen LogP contribution in [0.2, 0.25) is 0 Å². The van der Waals surface area contributed by atoms with Crippen molar-refractivity contribution in [3.63, 3.8) is 0 Å². The van der Waals surface area contributed by atoms with E-state index in [9.17, 15) is 22.8 Å². The number of rotatable bonds is 7. The van der Waals surface area contributed by atoms with E-state index in [1.807, 2.05) is 4.57 Å². The number of hydrogen-bond acceptors (Lipinski definition) is 4. The first-order valence-corrected chi connectivity index (χ1v) is 11.5. The van der Waals surface area contributed by atoms with Crippen molar-refractivity contribution < 1.29 is 27.5 Å². The first kappa shape index (κ1) is 24.7. The molecule has 35 heavy (non-hydrogen) atoms. The zero-order chi connectivity index (χ0) is 25.2. The fourth-order valence-electron chi connectivity index (χ4n) is 4.73. The number of nitrogens with one attached hydrogen (secondary N) is 1. The molecule has 0 radical (unpaired) electrons. The number of benzene rings is 2. The second-order valence-electron chi connectivity index (χ2n) is 8.83. The minimum atomic E-state index is -4.69. The molecule has 0 aliphatic heterocycles. The molecule has 1 fully saturated rings. The zero-order valence-corrected chi connectivity index (χ0v) is 19.3. The second kappa shape index (κ2) is 10.1. The molecular weight excluding hydrogens is 461 g/mol. The Morgan fingerprint density at radius 1 is 1.14 bits per heavy atom. The highest BCUT2D eigenvalue weighted by atomic mass is 19.4. The van der Waals surface area contributed by atoms with Gasteiger partial charge in [0.15, 0.2) is 0 Å². The average molecular weight is 489 g/mol. The van der Waals surface area contributed by atoms with E-state index < -0.39 is 29.1 Å². The summed E-state index contributed by atoms with van der Waals surface area (Å²) in [6.07, 6.45) is 0.934. The quantitative estimate of drug-likeness (QED) is 0.481. The van der Waals surface area contributed by atoms with Gasteiger partial charge in [-0.05, 0) is 43.0 Å². The molecule has 1 aromatic heterocycles. The summed E-state index contributed by atoms with van der Waals surface area (Å²) >= 11 is 0. The molecule has 4 rings (SSSR count). The van der Waals surface area contributed by atoms with Crippen LogP contribution in [-0.4, -0.2) is 28.5 Å². The second-order valence-corrected chi connectivity index (χ2v) is 8.83. The molecule has 0 spiro atoms. The number of methoxy groups -OCH3 is 1. The molecule has 1 saturated carbocycles. The highest BCUT2D eigenvalue weighted by Crippen LogP contribution is 2.33. The molecule has 1 aliphatic rings. The number of halogens is 3. The van der Waals surface area contributed by atoms with Crippen molar-refractivity contribution in [3.05, 3.63) is 58.9 Å². The molecular formula is C25H27F3N4O3. The number of hydrogen-bond donors (Lipinski definition) is 2. The maximum atomic E-state index is 13.4. The molecule has 0 unspecified atom stereocenters. The minimum Gasteiger partial charge on any atom is -0.377 e. The summed E-state index contributed by atoms with van der Waals surface area (Å²) in [4.78, 5) is 29.7. The zero-order valence-electron chi connectivity index (χ0n) is 19.3. The average Bonchev–Trinajstić information content (AvgIpc) is 3.15. The Labute approximate surface area is 200 Å². The molecule has 1 heterocycles. The van der Waals surface area contributed by atoms with Crippen LogP contribution in [0.1, 0.15) is 64.2 Å². The molecule has 7 nitrogen and oxygen atoms in total. The summed E-state index contributed by atoms with van der Waals surface area (Å²) in [5.41, 5.74) is 5.21. The number of carbonyl (C=O) groups is 2. The van der Waals surface area contributed by atoms with Gasteiger partial charge in [0.2, 0.25) is 0 Å². The van der Waals surface area contributed by atoms with E-state index in [4.69, 9.17) is 10.5 Å².